The van der Waals surface area contributed by atoms with Gasteiger partial charge in [-0.05, 0) is 85.6 Å². The van der Waals surface area contributed by atoms with Crippen molar-refractivity contribution in [3.63, 3.8) is 0 Å². The van der Waals surface area contributed by atoms with Gasteiger partial charge in [0.1, 0.15) is 0 Å². The number of hydrogen-bond acceptors (Lipinski definition) is 2. The van der Waals surface area contributed by atoms with Crippen LogP contribution in [0.2, 0.25) is 0 Å². The van der Waals surface area contributed by atoms with Crippen molar-refractivity contribution in [2.24, 2.45) is 0 Å². The number of aromatic nitrogens is 2. The highest BCUT2D eigenvalue weighted by Crippen LogP contribution is 2.44. The Bertz CT molecular complexity index is 1900. The maximum Gasteiger partial charge on any atom is 0.0349 e. The number of benzene rings is 5. The number of pyridine rings is 2. The molecule has 0 N–H and O–H groups in total. The highest BCUT2D eigenvalue weighted by atomic mass is 14.6. The lowest BCUT2D eigenvalue weighted by molar-refractivity contribution is 1.29. The minimum Gasteiger partial charge on any atom is -0.264 e. The third kappa shape index (κ3) is 4.07. The van der Waals surface area contributed by atoms with Crippen LogP contribution in [0.25, 0.3) is 66.1 Å². The van der Waals surface area contributed by atoms with Gasteiger partial charge in [-0.15, -0.1) is 0 Å². The van der Waals surface area contributed by atoms with Crippen LogP contribution in [0.1, 0.15) is 5.56 Å². The Balaban J connectivity index is 1.46. The average Bonchev–Trinajstić information content (AvgIpc) is 3.01. The van der Waals surface area contributed by atoms with Crippen LogP contribution in [0.5, 0.6) is 0 Å². The van der Waals surface area contributed by atoms with Gasteiger partial charge in [-0.25, -0.2) is 0 Å². The third-order valence-electron chi connectivity index (χ3n) is 7.60. The van der Waals surface area contributed by atoms with Crippen LogP contribution < -0.4 is 0 Å². The summed E-state index contributed by atoms with van der Waals surface area (Å²) in [4.78, 5) is 8.68. The Morgan fingerprint density at radius 2 is 0.974 bits per heavy atom. The van der Waals surface area contributed by atoms with Crippen LogP contribution in [0.15, 0.2) is 140 Å². The van der Waals surface area contributed by atoms with E-state index in [0.29, 0.717) is 0 Å². The summed E-state index contributed by atoms with van der Waals surface area (Å²) in [5, 5.41) is 5.01. The lowest BCUT2D eigenvalue weighted by Crippen LogP contribution is -1.91. The van der Waals surface area contributed by atoms with E-state index in [9.17, 15) is 0 Å². The summed E-state index contributed by atoms with van der Waals surface area (Å²) in [5.74, 6) is 0. The first-order valence-electron chi connectivity index (χ1n) is 13.2. The summed E-state index contributed by atoms with van der Waals surface area (Å²) in [5.41, 5.74) is 10.8. The van der Waals surface area contributed by atoms with E-state index >= 15 is 0 Å². The highest BCUT2D eigenvalue weighted by Gasteiger charge is 2.17. The third-order valence-corrected chi connectivity index (χ3v) is 7.60. The monoisotopic (exact) mass is 498 g/mol. The molecular formula is C37H26N2. The number of fused-ring (bicyclic) bond motifs is 2. The van der Waals surface area contributed by atoms with Gasteiger partial charge in [0.25, 0.3) is 0 Å². The molecule has 2 heteroatoms. The summed E-state index contributed by atoms with van der Waals surface area (Å²) < 4.78 is 0. The molecule has 0 aliphatic rings. The van der Waals surface area contributed by atoms with Crippen molar-refractivity contribution in [1.82, 2.24) is 9.97 Å². The lowest BCUT2D eigenvalue weighted by atomic mass is 9.85. The first-order valence-corrected chi connectivity index (χ1v) is 13.2. The van der Waals surface area contributed by atoms with Crippen LogP contribution in [0, 0.1) is 6.92 Å². The quantitative estimate of drug-likeness (QED) is 0.226. The summed E-state index contributed by atoms with van der Waals surface area (Å²) >= 11 is 0. The van der Waals surface area contributed by atoms with Crippen LogP contribution in [-0.2, 0) is 0 Å². The molecule has 0 spiro atoms. The standard InChI is InChI=1S/C37H26N2/c1-25-19-21-39-24-35(25)26-15-17-27(18-16-26)36-31-11-2-4-13-33(31)37(34-14-5-3-12-32(34)36)29-9-6-8-28(22-29)30-10-7-20-38-23-30/h2-24H,1H3. The van der Waals surface area contributed by atoms with Crippen molar-refractivity contribution in [2.75, 3.05) is 0 Å². The van der Waals surface area contributed by atoms with Gasteiger partial charge >= 0.3 is 0 Å². The SMILES string of the molecule is Cc1ccncc1-c1ccc(-c2c3ccccc3c(-c3cccc(-c4cccnc4)c3)c3ccccc23)cc1. The summed E-state index contributed by atoms with van der Waals surface area (Å²) in [6.07, 6.45) is 7.54. The molecule has 0 aliphatic carbocycles. The van der Waals surface area contributed by atoms with E-state index in [1.807, 2.05) is 30.9 Å². The molecule has 0 atom stereocenters. The van der Waals surface area contributed by atoms with Gasteiger partial charge in [0.05, 0.1) is 0 Å². The fourth-order valence-corrected chi connectivity index (χ4v) is 5.72. The smallest absolute Gasteiger partial charge is 0.0349 e. The number of nitrogens with zero attached hydrogens (tertiary/aromatic N) is 2. The Labute approximate surface area is 228 Å². The molecule has 0 saturated carbocycles. The maximum absolute atomic E-state index is 4.34. The molecule has 39 heavy (non-hydrogen) atoms. The van der Waals surface area contributed by atoms with E-state index in [1.165, 1.54) is 66.1 Å². The zero-order chi connectivity index (χ0) is 26.2. The number of hydrogen-bond donors (Lipinski definition) is 0. The van der Waals surface area contributed by atoms with E-state index in [2.05, 4.69) is 126 Å². The first-order chi connectivity index (χ1) is 19.3. The highest BCUT2D eigenvalue weighted by molar-refractivity contribution is 6.21. The van der Waals surface area contributed by atoms with Gasteiger partial charge in [0.15, 0.2) is 0 Å². The number of rotatable bonds is 4. The van der Waals surface area contributed by atoms with Crippen molar-refractivity contribution < 1.29 is 0 Å². The van der Waals surface area contributed by atoms with Gasteiger partial charge in [-0.3, -0.25) is 9.97 Å². The molecule has 0 aliphatic heterocycles. The predicted molar refractivity (Wildman–Crippen MR) is 164 cm³/mol. The summed E-state index contributed by atoms with van der Waals surface area (Å²) in [6, 6.07) is 41.5. The van der Waals surface area contributed by atoms with Crippen molar-refractivity contribution >= 4 is 21.5 Å². The molecule has 0 bridgehead atoms. The van der Waals surface area contributed by atoms with Crippen molar-refractivity contribution in [1.29, 1.82) is 0 Å². The van der Waals surface area contributed by atoms with Crippen LogP contribution >= 0.6 is 0 Å². The van der Waals surface area contributed by atoms with E-state index in [1.54, 1.807) is 0 Å². The molecular weight excluding hydrogens is 472 g/mol. The second kappa shape index (κ2) is 9.66. The molecule has 0 amide bonds. The van der Waals surface area contributed by atoms with Crippen molar-refractivity contribution in [2.45, 2.75) is 6.92 Å². The zero-order valence-electron chi connectivity index (χ0n) is 21.7. The van der Waals surface area contributed by atoms with Crippen LogP contribution in [0.3, 0.4) is 0 Å². The molecule has 184 valence electrons. The fraction of sp³-hybridized carbons (Fsp3) is 0.0270. The molecule has 0 fully saturated rings. The molecule has 7 rings (SSSR count). The molecule has 0 radical (unpaired) electrons. The van der Waals surface area contributed by atoms with Crippen molar-refractivity contribution in [3.05, 3.63) is 146 Å². The van der Waals surface area contributed by atoms with Crippen LogP contribution in [0.4, 0.5) is 0 Å². The van der Waals surface area contributed by atoms with E-state index < -0.39 is 0 Å². The largest absolute Gasteiger partial charge is 0.264 e. The fourth-order valence-electron chi connectivity index (χ4n) is 5.72. The predicted octanol–water partition coefficient (Wildman–Crippen LogP) is 9.76. The zero-order valence-corrected chi connectivity index (χ0v) is 21.7. The maximum atomic E-state index is 4.34. The Morgan fingerprint density at radius 3 is 1.59 bits per heavy atom. The molecule has 0 unspecified atom stereocenters. The minimum absolute atomic E-state index is 1.12. The van der Waals surface area contributed by atoms with Gasteiger partial charge in [0, 0.05) is 35.9 Å². The van der Waals surface area contributed by atoms with E-state index in [4.69, 9.17) is 0 Å². The minimum atomic E-state index is 1.12. The van der Waals surface area contributed by atoms with Gasteiger partial charge in [-0.1, -0.05) is 97.1 Å². The Morgan fingerprint density at radius 1 is 0.410 bits per heavy atom. The Kier molecular flexibility index (Phi) is 5.71. The second-order valence-electron chi connectivity index (χ2n) is 9.93. The van der Waals surface area contributed by atoms with Crippen molar-refractivity contribution in [3.8, 4) is 44.5 Å². The normalized spacial score (nSPS) is 11.2. The van der Waals surface area contributed by atoms with Gasteiger partial charge in [-0.2, -0.15) is 0 Å². The molecule has 5 aromatic carbocycles. The first kappa shape index (κ1) is 23.1. The van der Waals surface area contributed by atoms with Gasteiger partial charge in [0.2, 0.25) is 0 Å². The average molecular weight is 499 g/mol. The summed E-state index contributed by atoms with van der Waals surface area (Å²) in [7, 11) is 0. The summed E-state index contributed by atoms with van der Waals surface area (Å²) in [6.45, 7) is 2.13. The van der Waals surface area contributed by atoms with E-state index in [0.717, 1.165) is 5.56 Å². The topological polar surface area (TPSA) is 25.8 Å². The van der Waals surface area contributed by atoms with Gasteiger partial charge < -0.3 is 0 Å². The molecule has 7 aromatic rings. The number of aryl methyl sites for hydroxylation is 1. The molecule has 0 saturated heterocycles. The molecule has 2 heterocycles. The lowest BCUT2D eigenvalue weighted by Gasteiger charge is -2.18. The van der Waals surface area contributed by atoms with Crippen LogP contribution in [-0.4, -0.2) is 9.97 Å². The molecule has 2 nitrogen and oxygen atoms in total. The Hall–Kier alpha value is -5.08. The second-order valence-corrected chi connectivity index (χ2v) is 9.93. The van der Waals surface area contributed by atoms with E-state index in [-0.39, 0.29) is 0 Å². The molecule has 2 aromatic heterocycles.